The maximum absolute atomic E-state index is 12.1. The van der Waals surface area contributed by atoms with Crippen LogP contribution in [0.3, 0.4) is 0 Å². The van der Waals surface area contributed by atoms with Crippen LogP contribution in [0.5, 0.6) is 0 Å². The predicted molar refractivity (Wildman–Crippen MR) is 84.2 cm³/mol. The van der Waals surface area contributed by atoms with Gasteiger partial charge in [0.1, 0.15) is 5.60 Å². The highest BCUT2D eigenvalue weighted by Crippen LogP contribution is 2.40. The number of esters is 1. The smallest absolute Gasteiger partial charge is 0.331 e. The molecule has 1 aromatic carbocycles. The highest BCUT2D eigenvalue weighted by Gasteiger charge is 2.37. The Morgan fingerprint density at radius 1 is 1.23 bits per heavy atom. The Morgan fingerprint density at radius 3 is 2.41 bits per heavy atom. The van der Waals surface area contributed by atoms with Crippen LogP contribution in [0.2, 0.25) is 0 Å². The molecule has 0 bridgehead atoms. The molecule has 0 saturated heterocycles. The van der Waals surface area contributed by atoms with Crippen molar-refractivity contribution in [2.24, 2.45) is 0 Å². The number of benzene rings is 1. The molecule has 0 spiro atoms. The van der Waals surface area contributed by atoms with Crippen molar-refractivity contribution in [1.82, 2.24) is 0 Å². The van der Waals surface area contributed by atoms with E-state index in [2.05, 4.69) is 0 Å². The van der Waals surface area contributed by atoms with Crippen molar-refractivity contribution in [2.45, 2.75) is 39.5 Å². The summed E-state index contributed by atoms with van der Waals surface area (Å²) in [6, 6.07) is 7.40. The van der Waals surface area contributed by atoms with Crippen molar-refractivity contribution >= 4 is 23.1 Å². The summed E-state index contributed by atoms with van der Waals surface area (Å²) in [5.74, 6) is -0.600. The number of carbonyl (C=O) groups excluding carboxylic acids is 2. The van der Waals surface area contributed by atoms with E-state index in [1.165, 1.54) is 25.0 Å². The molecule has 0 aromatic heterocycles. The molecular weight excluding hydrogens is 282 g/mol. The minimum absolute atomic E-state index is 0.146. The first-order valence-corrected chi connectivity index (χ1v) is 7.11. The molecule has 22 heavy (non-hydrogen) atoms. The van der Waals surface area contributed by atoms with Gasteiger partial charge in [0, 0.05) is 31.2 Å². The summed E-state index contributed by atoms with van der Waals surface area (Å²) in [5.41, 5.74) is 1.59. The Hall–Kier alpha value is -2.14. The zero-order valence-electron chi connectivity index (χ0n) is 13.5. The number of para-hydroxylation sites is 1. The van der Waals surface area contributed by atoms with Gasteiger partial charge in [0.25, 0.3) is 0 Å². The van der Waals surface area contributed by atoms with Crippen molar-refractivity contribution in [3.63, 3.8) is 0 Å². The molecule has 1 amide bonds. The molecule has 2 rings (SSSR count). The molecule has 0 N–H and O–H groups in total. The number of nitrogens with zero attached hydrogens (tertiary/aromatic N) is 1. The lowest BCUT2D eigenvalue weighted by Gasteiger charge is -2.23. The van der Waals surface area contributed by atoms with Gasteiger partial charge >= 0.3 is 5.97 Å². The summed E-state index contributed by atoms with van der Waals surface area (Å²) in [4.78, 5) is 25.6. The van der Waals surface area contributed by atoms with Crippen LogP contribution in [-0.2, 0) is 19.1 Å². The minimum Gasteiger partial charge on any atom is -0.457 e. The fourth-order valence-corrected chi connectivity index (χ4v) is 2.50. The summed E-state index contributed by atoms with van der Waals surface area (Å²) in [6.45, 7) is 6.89. The number of amides is 1. The van der Waals surface area contributed by atoms with E-state index in [9.17, 15) is 9.59 Å². The lowest BCUT2D eigenvalue weighted by molar-refractivity contribution is -0.148. The first-order valence-electron chi connectivity index (χ1n) is 7.11. The van der Waals surface area contributed by atoms with Crippen LogP contribution in [0.15, 0.2) is 30.3 Å². The quantitative estimate of drug-likeness (QED) is 0.623. The molecule has 1 aromatic rings. The van der Waals surface area contributed by atoms with Crippen LogP contribution in [0.4, 0.5) is 5.69 Å². The number of ether oxygens (including phenoxy) is 2. The van der Waals surface area contributed by atoms with E-state index in [0.29, 0.717) is 5.57 Å². The Bertz CT molecular complexity index is 628. The van der Waals surface area contributed by atoms with Gasteiger partial charge < -0.3 is 9.47 Å². The monoisotopic (exact) mass is 303 g/mol. The van der Waals surface area contributed by atoms with E-state index in [-0.39, 0.29) is 5.91 Å². The lowest BCUT2D eigenvalue weighted by atomic mass is 10.1. The second-order valence-corrected chi connectivity index (χ2v) is 6.13. The topological polar surface area (TPSA) is 55.8 Å². The molecular formula is C17H21NO4. The van der Waals surface area contributed by atoms with Gasteiger partial charge in [-0.3, -0.25) is 9.69 Å². The first kappa shape index (κ1) is 16.2. The van der Waals surface area contributed by atoms with E-state index >= 15 is 0 Å². The maximum Gasteiger partial charge on any atom is 0.331 e. The molecule has 5 nitrogen and oxygen atoms in total. The number of anilines is 1. The van der Waals surface area contributed by atoms with E-state index in [1.54, 1.807) is 0 Å². The van der Waals surface area contributed by atoms with Crippen molar-refractivity contribution in [1.29, 1.82) is 0 Å². The largest absolute Gasteiger partial charge is 0.457 e. The molecule has 118 valence electrons. The Balaban J connectivity index is 2.46. The van der Waals surface area contributed by atoms with Crippen molar-refractivity contribution in [3.05, 3.63) is 35.9 Å². The van der Waals surface area contributed by atoms with Crippen molar-refractivity contribution in [3.8, 4) is 0 Å². The van der Waals surface area contributed by atoms with Gasteiger partial charge in [-0.05, 0) is 26.8 Å². The molecule has 1 unspecified atom stereocenters. The molecule has 1 heterocycles. The molecule has 1 aliphatic heterocycles. The molecule has 1 aliphatic rings. The van der Waals surface area contributed by atoms with Gasteiger partial charge in [-0.1, -0.05) is 18.2 Å². The number of hydrogen-bond acceptors (Lipinski definition) is 4. The number of fused-ring (bicyclic) bond motifs is 1. The third-order valence-electron chi connectivity index (χ3n) is 3.22. The second-order valence-electron chi connectivity index (χ2n) is 6.13. The standard InChI is InChI=1S/C17H21NO4/c1-11(19)18-14-9-7-6-8-12(14)13(16(18)21-5)10-15(20)22-17(2,3)4/h6-10,16H,1-5H3/b13-10-. The molecule has 0 radical (unpaired) electrons. The Morgan fingerprint density at radius 2 is 1.86 bits per heavy atom. The molecule has 1 atom stereocenters. The van der Waals surface area contributed by atoms with Crippen LogP contribution < -0.4 is 4.90 Å². The van der Waals surface area contributed by atoms with Crippen LogP contribution >= 0.6 is 0 Å². The number of rotatable bonds is 2. The maximum atomic E-state index is 12.1. The zero-order chi connectivity index (χ0) is 16.5. The van der Waals surface area contributed by atoms with Gasteiger partial charge in [-0.15, -0.1) is 0 Å². The predicted octanol–water partition coefficient (Wildman–Crippen LogP) is 2.75. The van der Waals surface area contributed by atoms with E-state index < -0.39 is 17.8 Å². The van der Waals surface area contributed by atoms with Gasteiger partial charge in [0.05, 0.1) is 5.69 Å². The number of carbonyl (C=O) groups is 2. The number of methoxy groups -OCH3 is 1. The van der Waals surface area contributed by atoms with E-state index in [1.807, 2.05) is 45.0 Å². The SMILES string of the molecule is COC1/C(=C\C(=O)OC(C)(C)C)c2ccccc2N1C(C)=O. The van der Waals surface area contributed by atoms with Gasteiger partial charge in [-0.25, -0.2) is 4.79 Å². The molecule has 0 aliphatic carbocycles. The molecule has 5 heteroatoms. The summed E-state index contributed by atoms with van der Waals surface area (Å²) in [6.07, 6.45) is 0.781. The first-order chi connectivity index (χ1) is 10.2. The summed E-state index contributed by atoms with van der Waals surface area (Å²) < 4.78 is 10.8. The van der Waals surface area contributed by atoms with E-state index in [4.69, 9.17) is 9.47 Å². The third kappa shape index (κ3) is 3.20. The van der Waals surface area contributed by atoms with Gasteiger partial charge in [0.15, 0.2) is 6.23 Å². The average molecular weight is 303 g/mol. The van der Waals surface area contributed by atoms with Crippen LogP contribution in [-0.4, -0.2) is 30.8 Å². The van der Waals surface area contributed by atoms with Gasteiger partial charge in [-0.2, -0.15) is 0 Å². The summed E-state index contributed by atoms with van der Waals surface area (Å²) in [5, 5.41) is 0. The van der Waals surface area contributed by atoms with Crippen molar-refractivity contribution in [2.75, 3.05) is 12.0 Å². The second kappa shape index (κ2) is 5.93. The van der Waals surface area contributed by atoms with Crippen LogP contribution in [0, 0.1) is 0 Å². The number of hydrogen-bond donors (Lipinski definition) is 0. The normalized spacial score (nSPS) is 19.2. The van der Waals surface area contributed by atoms with Crippen LogP contribution in [0.25, 0.3) is 5.57 Å². The third-order valence-corrected chi connectivity index (χ3v) is 3.22. The van der Waals surface area contributed by atoms with Crippen LogP contribution in [0.1, 0.15) is 33.3 Å². The zero-order valence-corrected chi connectivity index (χ0v) is 13.5. The fraction of sp³-hybridized carbons (Fsp3) is 0.412. The summed E-state index contributed by atoms with van der Waals surface area (Å²) in [7, 11) is 1.51. The minimum atomic E-state index is -0.623. The Labute approximate surface area is 130 Å². The highest BCUT2D eigenvalue weighted by molar-refractivity contribution is 6.06. The summed E-state index contributed by atoms with van der Waals surface area (Å²) >= 11 is 0. The van der Waals surface area contributed by atoms with Gasteiger partial charge in [0.2, 0.25) is 5.91 Å². The lowest BCUT2D eigenvalue weighted by Crippen LogP contribution is -2.37. The molecule has 0 fully saturated rings. The fourth-order valence-electron chi connectivity index (χ4n) is 2.50. The Kier molecular flexibility index (Phi) is 4.37. The highest BCUT2D eigenvalue weighted by atomic mass is 16.6. The van der Waals surface area contributed by atoms with E-state index in [0.717, 1.165) is 11.3 Å². The van der Waals surface area contributed by atoms with Crippen molar-refractivity contribution < 1.29 is 19.1 Å². The molecule has 0 saturated carbocycles. The average Bonchev–Trinajstić information content (AvgIpc) is 2.70.